The first-order chi connectivity index (χ1) is 15.3. The third-order valence-electron chi connectivity index (χ3n) is 4.03. The van der Waals surface area contributed by atoms with Crippen molar-refractivity contribution in [2.75, 3.05) is 37.5 Å². The zero-order chi connectivity index (χ0) is 25.2. The molecule has 2 atom stereocenters. The van der Waals surface area contributed by atoms with Gasteiger partial charge in [0.25, 0.3) is 0 Å². The summed E-state index contributed by atoms with van der Waals surface area (Å²) in [6, 6.07) is 8.49. The zero-order valence-corrected chi connectivity index (χ0v) is 18.8. The van der Waals surface area contributed by atoms with Crippen LogP contribution in [0.3, 0.4) is 0 Å². The van der Waals surface area contributed by atoms with Crippen molar-refractivity contribution in [1.29, 1.82) is 0 Å². The van der Waals surface area contributed by atoms with Crippen molar-refractivity contribution in [1.82, 2.24) is 0 Å². The van der Waals surface area contributed by atoms with E-state index in [2.05, 4.69) is 5.32 Å². The third-order valence-corrected chi connectivity index (χ3v) is 4.03. The lowest BCUT2D eigenvalue weighted by molar-refractivity contribution is -0.114. The number of rotatable bonds is 9. The third kappa shape index (κ3) is 10.3. The van der Waals surface area contributed by atoms with Crippen LogP contribution in [0.2, 0.25) is 0 Å². The fourth-order valence-corrected chi connectivity index (χ4v) is 2.13. The molecule has 0 spiro atoms. The number of anilines is 2. The second-order valence-corrected chi connectivity index (χ2v) is 7.97. The SMILES string of the molecule is CC(=O)Nc1ccc(O)cc1OCC(C)(O)CO.CC(O)(CO)COc1cc(O)ccc1N. The maximum atomic E-state index is 11.0. The number of hydrogen-bond acceptors (Lipinski definition) is 10. The van der Waals surface area contributed by atoms with Crippen LogP contribution in [0.15, 0.2) is 36.4 Å². The number of aromatic hydroxyl groups is 2. The highest BCUT2D eigenvalue weighted by Gasteiger charge is 2.21. The maximum absolute atomic E-state index is 11.0. The van der Waals surface area contributed by atoms with Crippen LogP contribution >= 0.6 is 0 Å². The summed E-state index contributed by atoms with van der Waals surface area (Å²) in [5.74, 6) is 0.229. The van der Waals surface area contributed by atoms with Crippen LogP contribution in [0.1, 0.15) is 20.8 Å². The second kappa shape index (κ2) is 12.1. The molecule has 2 aromatic rings. The van der Waals surface area contributed by atoms with Crippen LogP contribution in [0.5, 0.6) is 23.0 Å². The average molecular weight is 469 g/mol. The summed E-state index contributed by atoms with van der Waals surface area (Å²) in [5.41, 5.74) is 3.61. The van der Waals surface area contributed by atoms with Crippen molar-refractivity contribution in [3.63, 3.8) is 0 Å². The standard InChI is InChI=1S/C12H17NO5.C10H15NO4/c1-8(15)13-10-4-3-9(16)5-11(10)18-7-12(2,17)6-14;1-10(14,5-12)6-15-9-4-7(13)2-3-8(9)11/h3-5,14,16-17H,6-7H2,1-2H3,(H,13,15);2-4,12-14H,5-6,11H2,1H3. The quantitative estimate of drug-likeness (QED) is 0.190. The number of nitrogens with two attached hydrogens (primary N) is 1. The van der Waals surface area contributed by atoms with Gasteiger partial charge in [-0.25, -0.2) is 0 Å². The van der Waals surface area contributed by atoms with E-state index >= 15 is 0 Å². The molecule has 0 aliphatic heterocycles. The van der Waals surface area contributed by atoms with E-state index in [1.165, 1.54) is 57.2 Å². The Morgan fingerprint density at radius 2 is 1.36 bits per heavy atom. The minimum Gasteiger partial charge on any atom is -0.508 e. The molecular formula is C22H32N2O9. The van der Waals surface area contributed by atoms with Gasteiger partial charge in [0, 0.05) is 19.1 Å². The number of amides is 1. The van der Waals surface area contributed by atoms with Gasteiger partial charge in [-0.1, -0.05) is 0 Å². The van der Waals surface area contributed by atoms with Crippen molar-refractivity contribution < 1.29 is 44.9 Å². The molecule has 2 rings (SSSR count). The molecule has 11 nitrogen and oxygen atoms in total. The van der Waals surface area contributed by atoms with Gasteiger partial charge in [-0.2, -0.15) is 0 Å². The molecule has 9 N–H and O–H groups in total. The van der Waals surface area contributed by atoms with Crippen LogP contribution in [0.4, 0.5) is 11.4 Å². The van der Waals surface area contributed by atoms with Gasteiger partial charge in [-0.3, -0.25) is 4.79 Å². The van der Waals surface area contributed by atoms with Gasteiger partial charge in [0.05, 0.1) is 24.6 Å². The summed E-state index contributed by atoms with van der Waals surface area (Å²) in [6.07, 6.45) is 0. The molecule has 1 amide bonds. The summed E-state index contributed by atoms with van der Waals surface area (Å²) in [5, 5.41) is 57.8. The van der Waals surface area contributed by atoms with E-state index in [1.54, 1.807) is 0 Å². The average Bonchev–Trinajstić information content (AvgIpc) is 2.75. The van der Waals surface area contributed by atoms with Gasteiger partial charge in [-0.15, -0.1) is 0 Å². The zero-order valence-electron chi connectivity index (χ0n) is 18.8. The fourth-order valence-electron chi connectivity index (χ4n) is 2.13. The first-order valence-electron chi connectivity index (χ1n) is 9.90. The van der Waals surface area contributed by atoms with Crippen molar-refractivity contribution in [3.05, 3.63) is 36.4 Å². The Hall–Kier alpha value is -3.25. The number of phenolic OH excluding ortho intramolecular Hbond substituents is 2. The van der Waals surface area contributed by atoms with E-state index in [0.717, 1.165) is 0 Å². The molecule has 184 valence electrons. The highest BCUT2D eigenvalue weighted by Crippen LogP contribution is 2.29. The number of ether oxygens (including phenoxy) is 2. The number of aliphatic hydroxyl groups is 4. The molecule has 0 saturated heterocycles. The van der Waals surface area contributed by atoms with Crippen LogP contribution in [0, 0.1) is 0 Å². The number of nitrogens with one attached hydrogen (secondary N) is 1. The minimum absolute atomic E-state index is 0.0252. The number of nitrogen functional groups attached to an aromatic ring is 1. The van der Waals surface area contributed by atoms with E-state index < -0.39 is 24.4 Å². The Morgan fingerprint density at radius 3 is 1.85 bits per heavy atom. The summed E-state index contributed by atoms with van der Waals surface area (Å²) in [7, 11) is 0. The molecular weight excluding hydrogens is 436 g/mol. The van der Waals surface area contributed by atoms with Gasteiger partial charge >= 0.3 is 0 Å². The molecule has 0 fully saturated rings. The van der Waals surface area contributed by atoms with Crippen LogP contribution < -0.4 is 20.5 Å². The van der Waals surface area contributed by atoms with Gasteiger partial charge in [0.2, 0.25) is 5.91 Å². The monoisotopic (exact) mass is 468 g/mol. The molecule has 0 bridgehead atoms. The van der Waals surface area contributed by atoms with E-state index in [1.807, 2.05) is 0 Å². The van der Waals surface area contributed by atoms with Gasteiger partial charge in [-0.05, 0) is 38.1 Å². The van der Waals surface area contributed by atoms with Gasteiger partial charge in [0.15, 0.2) is 0 Å². The summed E-state index contributed by atoms with van der Waals surface area (Å²) < 4.78 is 10.5. The number of carbonyl (C=O) groups is 1. The Morgan fingerprint density at radius 1 is 0.909 bits per heavy atom. The maximum Gasteiger partial charge on any atom is 0.221 e. The van der Waals surface area contributed by atoms with Crippen molar-refractivity contribution in [2.45, 2.75) is 32.0 Å². The number of phenols is 2. The molecule has 0 aliphatic carbocycles. The van der Waals surface area contributed by atoms with Crippen molar-refractivity contribution in [3.8, 4) is 23.0 Å². The number of benzene rings is 2. The number of aliphatic hydroxyl groups excluding tert-OH is 2. The molecule has 0 radical (unpaired) electrons. The number of hydrogen-bond donors (Lipinski definition) is 8. The lowest BCUT2D eigenvalue weighted by atomic mass is 10.1. The minimum atomic E-state index is -1.39. The molecule has 0 aromatic heterocycles. The topological polar surface area (TPSA) is 195 Å². The molecule has 2 unspecified atom stereocenters. The Balaban J connectivity index is 0.000000335. The molecule has 0 heterocycles. The summed E-state index contributed by atoms with van der Waals surface area (Å²) >= 11 is 0. The van der Waals surface area contributed by atoms with E-state index in [9.17, 15) is 25.2 Å². The lowest BCUT2D eigenvalue weighted by Crippen LogP contribution is -2.36. The van der Waals surface area contributed by atoms with Crippen molar-refractivity contribution >= 4 is 17.3 Å². The number of carbonyl (C=O) groups excluding carboxylic acids is 1. The van der Waals surface area contributed by atoms with Crippen LogP contribution in [0.25, 0.3) is 0 Å². The lowest BCUT2D eigenvalue weighted by Gasteiger charge is -2.21. The summed E-state index contributed by atoms with van der Waals surface area (Å²) in [6.45, 7) is 3.06. The normalized spacial score (nSPS) is 14.2. The molecule has 33 heavy (non-hydrogen) atoms. The summed E-state index contributed by atoms with van der Waals surface area (Å²) in [4.78, 5) is 11.0. The first kappa shape index (κ1) is 27.8. The van der Waals surface area contributed by atoms with Gasteiger partial charge in [0.1, 0.15) is 47.4 Å². The Labute approximate surface area is 191 Å². The van der Waals surface area contributed by atoms with Crippen LogP contribution in [-0.2, 0) is 4.79 Å². The largest absolute Gasteiger partial charge is 0.508 e. The molecule has 0 aliphatic rings. The predicted molar refractivity (Wildman–Crippen MR) is 121 cm³/mol. The molecule has 2 aromatic carbocycles. The van der Waals surface area contributed by atoms with Crippen LogP contribution in [-0.4, -0.2) is 74.2 Å². The highest BCUT2D eigenvalue weighted by atomic mass is 16.5. The molecule has 0 saturated carbocycles. The Bertz CT molecular complexity index is 917. The van der Waals surface area contributed by atoms with Gasteiger partial charge < -0.3 is 51.2 Å². The van der Waals surface area contributed by atoms with E-state index in [-0.39, 0.29) is 42.1 Å². The smallest absolute Gasteiger partial charge is 0.221 e. The highest BCUT2D eigenvalue weighted by molar-refractivity contribution is 5.90. The first-order valence-corrected chi connectivity index (χ1v) is 9.90. The van der Waals surface area contributed by atoms with Crippen molar-refractivity contribution in [2.24, 2.45) is 0 Å². The predicted octanol–water partition coefficient (Wildman–Crippen LogP) is 0.569. The molecule has 11 heteroatoms. The van der Waals surface area contributed by atoms with E-state index in [0.29, 0.717) is 11.4 Å². The second-order valence-electron chi connectivity index (χ2n) is 7.97. The fraction of sp³-hybridized carbons (Fsp3) is 0.409. The Kier molecular flexibility index (Phi) is 10.2. The van der Waals surface area contributed by atoms with E-state index in [4.69, 9.17) is 25.4 Å².